The predicted octanol–water partition coefficient (Wildman–Crippen LogP) is 4.60. The molecule has 0 heterocycles. The highest BCUT2D eigenvalue weighted by Crippen LogP contribution is 2.36. The van der Waals surface area contributed by atoms with Crippen molar-refractivity contribution in [2.75, 3.05) is 12.0 Å². The quantitative estimate of drug-likeness (QED) is 0.577. The molecule has 0 amide bonds. The number of rotatable bonds is 7. The molecule has 0 atom stereocenters. The van der Waals surface area contributed by atoms with E-state index in [4.69, 9.17) is 4.74 Å². The molecule has 3 aromatic rings. The minimum atomic E-state index is 0.453. The summed E-state index contributed by atoms with van der Waals surface area (Å²) >= 11 is 0. The first-order chi connectivity index (χ1) is 13.2. The van der Waals surface area contributed by atoms with Crippen molar-refractivity contribution in [3.05, 3.63) is 83.4 Å². The summed E-state index contributed by atoms with van der Waals surface area (Å²) in [4.78, 5) is 35.0. The van der Waals surface area contributed by atoms with Crippen LogP contribution in [0.3, 0.4) is 0 Å². The van der Waals surface area contributed by atoms with Crippen LogP contribution in [-0.2, 0) is 0 Å². The number of carbonyl (C=O) groups is 3. The number of nitrogens with zero attached hydrogens (tertiary/aromatic N) is 1. The van der Waals surface area contributed by atoms with Crippen molar-refractivity contribution >= 4 is 35.9 Å². The number of aldehydes is 3. The fraction of sp³-hybridized carbons (Fsp3) is 0.0455. The summed E-state index contributed by atoms with van der Waals surface area (Å²) in [5, 5.41) is 0. The van der Waals surface area contributed by atoms with Crippen LogP contribution in [0.5, 0.6) is 5.75 Å². The van der Waals surface area contributed by atoms with Gasteiger partial charge in [0.15, 0.2) is 6.29 Å². The first-order valence-electron chi connectivity index (χ1n) is 8.24. The zero-order valence-corrected chi connectivity index (χ0v) is 14.7. The van der Waals surface area contributed by atoms with Crippen molar-refractivity contribution in [2.45, 2.75) is 0 Å². The predicted molar refractivity (Wildman–Crippen MR) is 104 cm³/mol. The number of carbonyl (C=O) groups excluding carboxylic acids is 3. The minimum Gasteiger partial charge on any atom is -0.496 e. The van der Waals surface area contributed by atoms with Gasteiger partial charge in [-0.05, 0) is 60.7 Å². The molecular formula is C22H17NO4. The van der Waals surface area contributed by atoms with E-state index in [2.05, 4.69) is 0 Å². The summed E-state index contributed by atoms with van der Waals surface area (Å²) < 4.78 is 5.32. The zero-order valence-electron chi connectivity index (χ0n) is 14.7. The topological polar surface area (TPSA) is 63.7 Å². The number of hydrogen-bond donors (Lipinski definition) is 0. The van der Waals surface area contributed by atoms with E-state index in [1.807, 2.05) is 35.2 Å². The van der Waals surface area contributed by atoms with Crippen LogP contribution in [0.15, 0.2) is 66.7 Å². The summed E-state index contributed by atoms with van der Waals surface area (Å²) in [5.41, 5.74) is 4.01. The van der Waals surface area contributed by atoms with Crippen molar-refractivity contribution in [1.82, 2.24) is 0 Å². The average Bonchev–Trinajstić information content (AvgIpc) is 2.74. The lowest BCUT2D eigenvalue weighted by molar-refractivity contribution is 0.111. The maximum atomic E-state index is 11.2. The standard InChI is InChI=1S/C22H17NO4/c1-27-22-12-21(11-6-18(22)15-26)23(19-7-2-16(13-24)3-8-19)20-9-4-17(14-25)5-10-20/h2-15H,1H3. The largest absolute Gasteiger partial charge is 0.496 e. The number of benzene rings is 3. The molecule has 3 rings (SSSR count). The molecule has 0 aliphatic rings. The molecule has 0 N–H and O–H groups in total. The second kappa shape index (κ2) is 8.10. The van der Waals surface area contributed by atoms with Crippen molar-refractivity contribution in [1.29, 1.82) is 0 Å². The number of ether oxygens (including phenoxy) is 1. The van der Waals surface area contributed by atoms with Gasteiger partial charge in [0.2, 0.25) is 0 Å². The first kappa shape index (κ1) is 18.1. The Labute approximate surface area is 156 Å². The summed E-state index contributed by atoms with van der Waals surface area (Å²) in [5.74, 6) is 0.460. The van der Waals surface area contributed by atoms with Crippen LogP contribution in [0.2, 0.25) is 0 Å². The molecule has 0 saturated heterocycles. The second-order valence-electron chi connectivity index (χ2n) is 5.80. The van der Waals surface area contributed by atoms with Crippen LogP contribution in [0.4, 0.5) is 17.1 Å². The lowest BCUT2D eigenvalue weighted by Gasteiger charge is -2.26. The summed E-state index contributed by atoms with van der Waals surface area (Å²) in [6, 6.07) is 19.5. The average molecular weight is 359 g/mol. The summed E-state index contributed by atoms with van der Waals surface area (Å²) in [7, 11) is 1.51. The molecule has 5 heteroatoms. The lowest BCUT2D eigenvalue weighted by atomic mass is 10.1. The van der Waals surface area contributed by atoms with E-state index < -0.39 is 0 Å². The van der Waals surface area contributed by atoms with Gasteiger partial charge in [-0.1, -0.05) is 0 Å². The van der Waals surface area contributed by atoms with E-state index in [-0.39, 0.29) is 0 Å². The van der Waals surface area contributed by atoms with Gasteiger partial charge in [-0.2, -0.15) is 0 Å². The van der Waals surface area contributed by atoms with Crippen molar-refractivity contribution in [2.24, 2.45) is 0 Å². The maximum absolute atomic E-state index is 11.2. The number of anilines is 3. The molecular weight excluding hydrogens is 342 g/mol. The van der Waals surface area contributed by atoms with Gasteiger partial charge in [0.25, 0.3) is 0 Å². The third kappa shape index (κ3) is 3.77. The molecule has 0 saturated carbocycles. The normalized spacial score (nSPS) is 10.1. The summed E-state index contributed by atoms with van der Waals surface area (Å²) in [6.07, 6.45) is 2.31. The fourth-order valence-corrected chi connectivity index (χ4v) is 2.79. The third-order valence-corrected chi connectivity index (χ3v) is 4.18. The van der Waals surface area contributed by atoms with Gasteiger partial charge >= 0.3 is 0 Å². The van der Waals surface area contributed by atoms with Gasteiger partial charge in [0.1, 0.15) is 18.3 Å². The molecule has 0 radical (unpaired) electrons. The SMILES string of the molecule is COc1cc(N(c2ccc(C=O)cc2)c2ccc(C=O)cc2)ccc1C=O. The Kier molecular flexibility index (Phi) is 5.42. The van der Waals surface area contributed by atoms with Crippen molar-refractivity contribution in [3.63, 3.8) is 0 Å². The highest BCUT2D eigenvalue weighted by atomic mass is 16.5. The molecule has 0 aliphatic carbocycles. The lowest BCUT2D eigenvalue weighted by Crippen LogP contribution is -2.10. The number of methoxy groups -OCH3 is 1. The van der Waals surface area contributed by atoms with Gasteiger partial charge in [-0.3, -0.25) is 14.4 Å². The van der Waals surface area contributed by atoms with E-state index in [9.17, 15) is 14.4 Å². The van der Waals surface area contributed by atoms with E-state index in [0.29, 0.717) is 22.4 Å². The monoisotopic (exact) mass is 359 g/mol. The fourth-order valence-electron chi connectivity index (χ4n) is 2.79. The zero-order chi connectivity index (χ0) is 19.2. The van der Waals surface area contributed by atoms with Crippen LogP contribution in [0.1, 0.15) is 31.1 Å². The van der Waals surface area contributed by atoms with Crippen LogP contribution in [0.25, 0.3) is 0 Å². The van der Waals surface area contributed by atoms with E-state index >= 15 is 0 Å². The van der Waals surface area contributed by atoms with Gasteiger partial charge in [0.05, 0.1) is 12.7 Å². The maximum Gasteiger partial charge on any atom is 0.153 e. The summed E-state index contributed by atoms with van der Waals surface area (Å²) in [6.45, 7) is 0. The molecule has 0 bridgehead atoms. The molecule has 0 aromatic heterocycles. The van der Waals surface area contributed by atoms with Gasteiger partial charge in [-0.15, -0.1) is 0 Å². The Balaban J connectivity index is 2.14. The van der Waals surface area contributed by atoms with Crippen LogP contribution >= 0.6 is 0 Å². The van der Waals surface area contributed by atoms with Crippen LogP contribution in [0, 0.1) is 0 Å². The molecule has 3 aromatic carbocycles. The second-order valence-corrected chi connectivity index (χ2v) is 5.80. The molecule has 0 aliphatic heterocycles. The Morgan fingerprint density at radius 1 is 0.667 bits per heavy atom. The van der Waals surface area contributed by atoms with Gasteiger partial charge < -0.3 is 9.64 Å². The number of hydrogen-bond acceptors (Lipinski definition) is 5. The Bertz CT molecular complexity index is 911. The van der Waals surface area contributed by atoms with E-state index in [1.54, 1.807) is 36.4 Å². The molecule has 5 nitrogen and oxygen atoms in total. The molecule has 0 spiro atoms. The van der Waals surface area contributed by atoms with Crippen LogP contribution in [-0.4, -0.2) is 26.0 Å². The molecule has 134 valence electrons. The van der Waals surface area contributed by atoms with Gasteiger partial charge in [-0.25, -0.2) is 0 Å². The Morgan fingerprint density at radius 2 is 1.15 bits per heavy atom. The van der Waals surface area contributed by atoms with E-state index in [0.717, 1.165) is 35.9 Å². The van der Waals surface area contributed by atoms with Crippen LogP contribution < -0.4 is 9.64 Å². The third-order valence-electron chi connectivity index (χ3n) is 4.18. The molecule has 27 heavy (non-hydrogen) atoms. The highest BCUT2D eigenvalue weighted by molar-refractivity contribution is 5.85. The Hall–Kier alpha value is -3.73. The molecule has 0 fully saturated rings. The smallest absolute Gasteiger partial charge is 0.153 e. The van der Waals surface area contributed by atoms with Crippen molar-refractivity contribution < 1.29 is 19.1 Å². The highest BCUT2D eigenvalue weighted by Gasteiger charge is 2.15. The Morgan fingerprint density at radius 3 is 1.56 bits per heavy atom. The minimum absolute atomic E-state index is 0.453. The van der Waals surface area contributed by atoms with E-state index in [1.165, 1.54) is 7.11 Å². The van der Waals surface area contributed by atoms with Gasteiger partial charge in [0, 0.05) is 34.3 Å². The first-order valence-corrected chi connectivity index (χ1v) is 8.24. The molecule has 0 unspecified atom stereocenters. The van der Waals surface area contributed by atoms with Crippen molar-refractivity contribution in [3.8, 4) is 5.75 Å².